The third-order valence-corrected chi connectivity index (χ3v) is 13.1. The summed E-state index contributed by atoms with van der Waals surface area (Å²) in [7, 11) is 0. The van der Waals surface area contributed by atoms with E-state index in [4.69, 9.17) is 0 Å². The molecule has 0 radical (unpaired) electrons. The maximum absolute atomic E-state index is 2.57. The van der Waals surface area contributed by atoms with Gasteiger partial charge in [-0.05, 0) is 117 Å². The molecule has 294 valence electrons. The topological polar surface area (TPSA) is 6.48 Å². The fourth-order valence-corrected chi connectivity index (χ4v) is 10.1. The highest BCUT2D eigenvalue weighted by Crippen LogP contribution is 2.45. The average molecular weight is 793 g/mol. The number of fused-ring (bicyclic) bond motifs is 6. The summed E-state index contributed by atoms with van der Waals surface area (Å²) in [5.41, 5.74) is 11.0. The highest BCUT2D eigenvalue weighted by Gasteiger charge is 2.27. The minimum atomic E-state index is 0.205. The lowest BCUT2D eigenvalue weighted by atomic mass is 9.87. The van der Waals surface area contributed by atoms with E-state index in [0.29, 0.717) is 0 Å². The van der Waals surface area contributed by atoms with E-state index < -0.39 is 0 Å². The smallest absolute Gasteiger partial charge is 0.0616 e. The fourth-order valence-electron chi connectivity index (χ4n) is 10.1. The van der Waals surface area contributed by atoms with Gasteiger partial charge in [0.25, 0.3) is 0 Å². The maximum Gasteiger partial charge on any atom is 0.0616 e. The average Bonchev–Trinajstić information content (AvgIpc) is 3.34. The molecule has 0 saturated carbocycles. The lowest BCUT2D eigenvalue weighted by Crippen LogP contribution is -2.37. The molecule has 0 N–H and O–H groups in total. The Bertz CT molecular complexity index is 3450. The predicted octanol–water partition coefficient (Wildman–Crippen LogP) is 14.9. The van der Waals surface area contributed by atoms with Crippen molar-refractivity contribution in [3.8, 4) is 0 Å². The molecule has 2 nitrogen and oxygen atoms in total. The van der Waals surface area contributed by atoms with Gasteiger partial charge in [-0.25, -0.2) is 0 Å². The van der Waals surface area contributed by atoms with Crippen LogP contribution in [0.2, 0.25) is 0 Å². The molecule has 2 heteroatoms. The monoisotopic (exact) mass is 792 g/mol. The Balaban J connectivity index is 1.21. The van der Waals surface area contributed by atoms with Crippen LogP contribution >= 0.6 is 0 Å². The van der Waals surface area contributed by atoms with Crippen LogP contribution in [0.15, 0.2) is 206 Å². The van der Waals surface area contributed by atoms with E-state index in [-0.39, 0.29) is 5.92 Å². The minimum absolute atomic E-state index is 0.205. The number of benzene rings is 10. The molecule has 0 spiro atoms. The van der Waals surface area contributed by atoms with Crippen LogP contribution in [0.1, 0.15) is 35.4 Å². The van der Waals surface area contributed by atoms with Crippen LogP contribution in [0.5, 0.6) is 0 Å². The van der Waals surface area contributed by atoms with Crippen LogP contribution in [-0.2, 0) is 6.42 Å². The largest absolute Gasteiger partial charge is 0.309 e. The van der Waals surface area contributed by atoms with Crippen LogP contribution < -0.4 is 20.2 Å². The zero-order valence-electron chi connectivity index (χ0n) is 34.5. The second-order valence-corrected chi connectivity index (χ2v) is 16.8. The van der Waals surface area contributed by atoms with Crippen LogP contribution in [0.4, 0.5) is 34.1 Å². The SMILES string of the molecule is C1=Cc2cc(N(c3ccc4ccccc4c3)c3c4c(c(N(c5ccc6ccccc6c5)c5ccc6ccccc6c5)c5ccccc35)=CCC(c3ccccc3)C=4)ccc2CC1. The first kappa shape index (κ1) is 36.2. The zero-order chi connectivity index (χ0) is 41.0. The van der Waals surface area contributed by atoms with Gasteiger partial charge in [0.05, 0.1) is 11.4 Å². The Labute approximate surface area is 362 Å². The zero-order valence-corrected chi connectivity index (χ0v) is 34.5. The molecule has 0 aliphatic heterocycles. The number of rotatable bonds is 7. The Morgan fingerprint density at radius 1 is 0.403 bits per heavy atom. The number of aryl methyl sites for hydroxylation is 1. The third kappa shape index (κ3) is 6.26. The van der Waals surface area contributed by atoms with Crippen LogP contribution in [0.3, 0.4) is 0 Å². The first-order valence-corrected chi connectivity index (χ1v) is 21.9. The maximum atomic E-state index is 2.57. The molecule has 2 aliphatic rings. The second-order valence-electron chi connectivity index (χ2n) is 16.8. The lowest BCUT2D eigenvalue weighted by molar-refractivity contribution is 0.920. The Kier molecular flexibility index (Phi) is 8.81. The van der Waals surface area contributed by atoms with E-state index in [1.54, 1.807) is 0 Å². The van der Waals surface area contributed by atoms with Gasteiger partial charge < -0.3 is 9.80 Å². The third-order valence-electron chi connectivity index (χ3n) is 13.1. The van der Waals surface area contributed by atoms with Crippen molar-refractivity contribution in [1.29, 1.82) is 0 Å². The van der Waals surface area contributed by atoms with Gasteiger partial charge in [0.2, 0.25) is 0 Å². The van der Waals surface area contributed by atoms with Gasteiger partial charge in [-0.15, -0.1) is 0 Å². The second kappa shape index (κ2) is 15.1. The van der Waals surface area contributed by atoms with Crippen molar-refractivity contribution in [3.05, 3.63) is 233 Å². The summed E-state index contributed by atoms with van der Waals surface area (Å²) < 4.78 is 0. The number of hydrogen-bond donors (Lipinski definition) is 0. The first-order chi connectivity index (χ1) is 30.7. The molecule has 0 heterocycles. The first-order valence-electron chi connectivity index (χ1n) is 21.9. The fraction of sp³-hybridized carbons (Fsp3) is 0.0667. The van der Waals surface area contributed by atoms with Crippen LogP contribution in [0.25, 0.3) is 61.3 Å². The predicted molar refractivity (Wildman–Crippen MR) is 265 cm³/mol. The number of nitrogens with zero attached hydrogens (tertiary/aromatic N) is 2. The van der Waals surface area contributed by atoms with E-state index in [1.807, 2.05) is 0 Å². The van der Waals surface area contributed by atoms with Gasteiger partial charge in [0, 0.05) is 49.9 Å². The van der Waals surface area contributed by atoms with E-state index in [0.717, 1.165) is 42.0 Å². The molecule has 0 bridgehead atoms. The van der Waals surface area contributed by atoms with Crippen molar-refractivity contribution in [1.82, 2.24) is 0 Å². The highest BCUT2D eigenvalue weighted by atomic mass is 15.2. The molecule has 12 rings (SSSR count). The van der Waals surface area contributed by atoms with Gasteiger partial charge in [-0.1, -0.05) is 176 Å². The molecule has 0 amide bonds. The minimum Gasteiger partial charge on any atom is -0.309 e. The Morgan fingerprint density at radius 2 is 0.871 bits per heavy atom. The molecule has 1 unspecified atom stereocenters. The quantitative estimate of drug-likeness (QED) is 0.148. The summed E-state index contributed by atoms with van der Waals surface area (Å²) in [6.07, 6.45) is 12.8. The molecular weight excluding hydrogens is 749 g/mol. The number of hydrogen-bond acceptors (Lipinski definition) is 2. The van der Waals surface area contributed by atoms with Gasteiger partial charge in [0.1, 0.15) is 0 Å². The summed E-state index contributed by atoms with van der Waals surface area (Å²) in [6.45, 7) is 0. The summed E-state index contributed by atoms with van der Waals surface area (Å²) >= 11 is 0. The van der Waals surface area contributed by atoms with Gasteiger partial charge in [-0.2, -0.15) is 0 Å². The number of anilines is 6. The lowest BCUT2D eigenvalue weighted by Gasteiger charge is -2.33. The van der Waals surface area contributed by atoms with E-state index >= 15 is 0 Å². The van der Waals surface area contributed by atoms with Gasteiger partial charge >= 0.3 is 0 Å². The molecule has 0 saturated heterocycles. The molecular formula is C60H44N2. The van der Waals surface area contributed by atoms with Crippen molar-refractivity contribution in [2.75, 3.05) is 9.80 Å². The van der Waals surface area contributed by atoms with Crippen molar-refractivity contribution < 1.29 is 0 Å². The summed E-state index contributed by atoms with van der Waals surface area (Å²) in [4.78, 5) is 5.08. The van der Waals surface area contributed by atoms with Gasteiger partial charge in [0.15, 0.2) is 0 Å². The summed E-state index contributed by atoms with van der Waals surface area (Å²) in [6, 6.07) is 74.2. The Hall–Kier alpha value is -7.68. The number of allylic oxidation sites excluding steroid dienone is 1. The molecule has 10 aromatic rings. The summed E-state index contributed by atoms with van der Waals surface area (Å²) in [5.74, 6) is 0.205. The van der Waals surface area contributed by atoms with Gasteiger partial charge in [-0.3, -0.25) is 0 Å². The van der Waals surface area contributed by atoms with Crippen molar-refractivity contribution >= 4 is 95.4 Å². The molecule has 10 aromatic carbocycles. The van der Waals surface area contributed by atoms with E-state index in [2.05, 4.69) is 234 Å². The molecule has 0 aromatic heterocycles. The summed E-state index contributed by atoms with van der Waals surface area (Å²) in [5, 5.41) is 12.2. The van der Waals surface area contributed by atoms with E-state index in [9.17, 15) is 0 Å². The molecule has 2 aliphatic carbocycles. The van der Waals surface area contributed by atoms with Crippen molar-refractivity contribution in [2.45, 2.75) is 25.2 Å². The van der Waals surface area contributed by atoms with Crippen molar-refractivity contribution in [3.63, 3.8) is 0 Å². The van der Waals surface area contributed by atoms with E-state index in [1.165, 1.54) is 81.6 Å². The normalized spacial score (nSPS) is 14.3. The highest BCUT2D eigenvalue weighted by molar-refractivity contribution is 6.09. The van der Waals surface area contributed by atoms with Crippen molar-refractivity contribution in [2.24, 2.45) is 0 Å². The van der Waals surface area contributed by atoms with Crippen LogP contribution in [0, 0.1) is 0 Å². The van der Waals surface area contributed by atoms with Crippen LogP contribution in [-0.4, -0.2) is 0 Å². The molecule has 62 heavy (non-hydrogen) atoms. The molecule has 1 atom stereocenters. The molecule has 0 fully saturated rings. The Morgan fingerprint density at radius 3 is 1.44 bits per heavy atom. The standard InChI is InChI=1S/C60H44N2/c1-2-14-41(15-3-1)50-30-35-57-58(40-50)60(62(53-33-28-44-18-6-10-22-48(44)38-53)54-34-29-45-19-7-11-23-49(45)39-54)56-25-13-12-24-55(56)59(57)61(51-31-26-42-16-4-8-20-46(42)36-51)52-32-27-43-17-5-9-21-47(43)37-52/h1-6,8-18,20-29,31-40,50H,7,19,30H2.